The first-order valence-electron chi connectivity index (χ1n) is 6.14. The summed E-state index contributed by atoms with van der Waals surface area (Å²) in [5, 5.41) is 10.9. The topological polar surface area (TPSA) is 51.6 Å². The number of benzene rings is 1. The van der Waals surface area contributed by atoms with E-state index in [1.165, 1.54) is 6.07 Å². The van der Waals surface area contributed by atoms with Gasteiger partial charge in [0.2, 0.25) is 5.88 Å². The number of fused-ring (bicyclic) bond motifs is 1. The molecule has 1 heterocycles. The summed E-state index contributed by atoms with van der Waals surface area (Å²) in [6.07, 6.45) is -0.0294. The maximum atomic E-state index is 9.99. The fourth-order valence-electron chi connectivity index (χ4n) is 1.77. The largest absolute Gasteiger partial charge is 0.507 e. The summed E-state index contributed by atoms with van der Waals surface area (Å²) in [5.41, 5.74) is 0.475. The summed E-state index contributed by atoms with van der Waals surface area (Å²) in [7, 11) is 0. The maximum absolute atomic E-state index is 9.99. The lowest BCUT2D eigenvalue weighted by atomic mass is 10.2. The molecule has 0 spiro atoms. The van der Waals surface area contributed by atoms with E-state index in [0.717, 1.165) is 0 Å². The van der Waals surface area contributed by atoms with Crippen LogP contribution in [0.3, 0.4) is 0 Å². The van der Waals surface area contributed by atoms with Gasteiger partial charge in [0.1, 0.15) is 22.0 Å². The monoisotopic (exact) mass is 281 g/mol. The van der Waals surface area contributed by atoms with E-state index in [9.17, 15) is 5.11 Å². The van der Waals surface area contributed by atoms with Gasteiger partial charge in [-0.1, -0.05) is 11.6 Å². The molecule has 0 radical (unpaired) electrons. The van der Waals surface area contributed by atoms with Crippen molar-refractivity contribution in [3.05, 3.63) is 23.2 Å². The fraction of sp³-hybridized carbons (Fsp3) is 0.357. The van der Waals surface area contributed by atoms with E-state index >= 15 is 0 Å². The molecular formula is C14H16ClNO3. The van der Waals surface area contributed by atoms with Gasteiger partial charge in [0.15, 0.2) is 0 Å². The zero-order valence-corrected chi connectivity index (χ0v) is 11.9. The lowest BCUT2D eigenvalue weighted by Gasteiger charge is -2.12. The number of halogens is 1. The zero-order valence-electron chi connectivity index (χ0n) is 11.1. The van der Waals surface area contributed by atoms with E-state index < -0.39 is 0 Å². The van der Waals surface area contributed by atoms with Crippen LogP contribution in [0.15, 0.2) is 18.2 Å². The Morgan fingerprint density at radius 3 is 2.74 bits per heavy atom. The molecule has 5 heteroatoms. The molecule has 4 nitrogen and oxygen atoms in total. The second-order valence-corrected chi connectivity index (χ2v) is 4.73. The predicted molar refractivity (Wildman–Crippen MR) is 75.4 cm³/mol. The molecule has 0 saturated heterocycles. The minimum Gasteiger partial charge on any atom is -0.507 e. The molecule has 102 valence electrons. The number of aromatic hydroxyl groups is 1. The maximum Gasteiger partial charge on any atom is 0.217 e. The molecule has 2 rings (SSSR count). The average Bonchev–Trinajstić information content (AvgIpc) is 2.33. The molecule has 0 aliphatic heterocycles. The third-order valence-corrected chi connectivity index (χ3v) is 2.86. The van der Waals surface area contributed by atoms with Crippen LogP contribution in [0.5, 0.6) is 17.4 Å². The van der Waals surface area contributed by atoms with Crippen LogP contribution in [-0.4, -0.2) is 22.8 Å². The van der Waals surface area contributed by atoms with Crippen LogP contribution in [0.2, 0.25) is 5.02 Å². The lowest BCUT2D eigenvalue weighted by molar-refractivity contribution is 0.232. The predicted octanol–water partition coefficient (Wildman–Crippen LogP) is 3.78. The summed E-state index contributed by atoms with van der Waals surface area (Å²) >= 11 is 6.25. The van der Waals surface area contributed by atoms with Gasteiger partial charge in [-0.25, -0.2) is 4.98 Å². The second-order valence-electron chi connectivity index (χ2n) is 4.35. The Balaban J connectivity index is 2.59. The van der Waals surface area contributed by atoms with Crippen molar-refractivity contribution < 1.29 is 14.6 Å². The Hall–Kier alpha value is -1.68. The number of nitrogens with zero attached hydrogens (tertiary/aromatic N) is 1. The highest BCUT2D eigenvalue weighted by Gasteiger charge is 2.13. The second kappa shape index (κ2) is 5.53. The highest BCUT2D eigenvalue weighted by atomic mass is 35.5. The standard InChI is InChI=1S/C14H16ClNO3/c1-4-18-11-6-5-9-10(17)7-12(19-8(2)3)16-14(9)13(11)15/h5-8H,4H2,1-3H3,(H,16,17). The highest BCUT2D eigenvalue weighted by molar-refractivity contribution is 6.36. The Morgan fingerprint density at radius 2 is 2.11 bits per heavy atom. The number of aromatic nitrogens is 1. The molecule has 19 heavy (non-hydrogen) atoms. The first-order chi connectivity index (χ1) is 9.02. The lowest BCUT2D eigenvalue weighted by Crippen LogP contribution is -2.07. The third kappa shape index (κ3) is 2.84. The van der Waals surface area contributed by atoms with Gasteiger partial charge in [-0.15, -0.1) is 0 Å². The molecule has 1 aromatic heterocycles. The van der Waals surface area contributed by atoms with Crippen LogP contribution in [0.1, 0.15) is 20.8 Å². The molecule has 1 N–H and O–H groups in total. The quantitative estimate of drug-likeness (QED) is 0.926. The molecule has 1 aromatic carbocycles. The van der Waals surface area contributed by atoms with E-state index in [4.69, 9.17) is 21.1 Å². The first-order valence-corrected chi connectivity index (χ1v) is 6.52. The number of rotatable bonds is 4. The van der Waals surface area contributed by atoms with Crippen LogP contribution >= 0.6 is 11.6 Å². The Kier molecular flexibility index (Phi) is 4.00. The van der Waals surface area contributed by atoms with Gasteiger partial charge in [-0.05, 0) is 32.9 Å². The molecule has 0 aliphatic carbocycles. The van der Waals surface area contributed by atoms with Crippen molar-refractivity contribution in [1.82, 2.24) is 4.98 Å². The zero-order chi connectivity index (χ0) is 14.0. The van der Waals surface area contributed by atoms with Gasteiger partial charge in [0.25, 0.3) is 0 Å². The fourth-order valence-corrected chi connectivity index (χ4v) is 2.03. The van der Waals surface area contributed by atoms with Crippen molar-refractivity contribution in [3.8, 4) is 17.4 Å². The molecule has 0 bridgehead atoms. The summed E-state index contributed by atoms with van der Waals surface area (Å²) in [6, 6.07) is 4.94. The van der Waals surface area contributed by atoms with Gasteiger partial charge in [-0.3, -0.25) is 0 Å². The minimum atomic E-state index is -0.0294. The Bertz CT molecular complexity index is 599. The van der Waals surface area contributed by atoms with E-state index in [1.54, 1.807) is 12.1 Å². The first kappa shape index (κ1) is 13.7. The van der Waals surface area contributed by atoms with Crippen LogP contribution in [0.4, 0.5) is 0 Å². The van der Waals surface area contributed by atoms with Crippen LogP contribution < -0.4 is 9.47 Å². The smallest absolute Gasteiger partial charge is 0.217 e. The van der Waals surface area contributed by atoms with Crippen molar-refractivity contribution >= 4 is 22.5 Å². The van der Waals surface area contributed by atoms with Gasteiger partial charge in [0.05, 0.1) is 12.7 Å². The van der Waals surface area contributed by atoms with Crippen molar-refractivity contribution in [2.45, 2.75) is 26.9 Å². The molecule has 0 fully saturated rings. The highest BCUT2D eigenvalue weighted by Crippen LogP contribution is 2.37. The normalized spacial score (nSPS) is 11.0. The minimum absolute atomic E-state index is 0.0294. The van der Waals surface area contributed by atoms with Crippen LogP contribution in [0.25, 0.3) is 10.9 Å². The van der Waals surface area contributed by atoms with Crippen LogP contribution in [0, 0.1) is 0 Å². The molecule has 0 amide bonds. The van der Waals surface area contributed by atoms with Gasteiger partial charge >= 0.3 is 0 Å². The molecular weight excluding hydrogens is 266 g/mol. The van der Waals surface area contributed by atoms with E-state index in [-0.39, 0.29) is 11.9 Å². The van der Waals surface area contributed by atoms with Crippen LogP contribution in [-0.2, 0) is 0 Å². The summed E-state index contributed by atoms with van der Waals surface area (Å²) in [5.74, 6) is 0.978. The van der Waals surface area contributed by atoms with Crippen molar-refractivity contribution in [1.29, 1.82) is 0 Å². The van der Waals surface area contributed by atoms with Crippen molar-refractivity contribution in [2.75, 3.05) is 6.61 Å². The van der Waals surface area contributed by atoms with Gasteiger partial charge < -0.3 is 14.6 Å². The Labute approximate surface area is 116 Å². The summed E-state index contributed by atoms with van der Waals surface area (Å²) in [4.78, 5) is 4.32. The molecule has 2 aromatic rings. The number of pyridine rings is 1. The number of hydrogen-bond donors (Lipinski definition) is 1. The summed E-state index contributed by atoms with van der Waals surface area (Å²) in [6.45, 7) is 6.17. The summed E-state index contributed by atoms with van der Waals surface area (Å²) < 4.78 is 10.9. The van der Waals surface area contributed by atoms with E-state index in [0.29, 0.717) is 34.2 Å². The van der Waals surface area contributed by atoms with E-state index in [2.05, 4.69) is 4.98 Å². The van der Waals surface area contributed by atoms with Gasteiger partial charge in [-0.2, -0.15) is 0 Å². The van der Waals surface area contributed by atoms with E-state index in [1.807, 2.05) is 20.8 Å². The van der Waals surface area contributed by atoms with Crippen molar-refractivity contribution in [2.24, 2.45) is 0 Å². The Morgan fingerprint density at radius 1 is 1.37 bits per heavy atom. The molecule has 0 atom stereocenters. The number of hydrogen-bond acceptors (Lipinski definition) is 4. The SMILES string of the molecule is CCOc1ccc2c(O)cc(OC(C)C)nc2c1Cl. The molecule has 0 saturated carbocycles. The average molecular weight is 282 g/mol. The van der Waals surface area contributed by atoms with Crippen molar-refractivity contribution in [3.63, 3.8) is 0 Å². The third-order valence-electron chi connectivity index (χ3n) is 2.50. The van der Waals surface area contributed by atoms with Gasteiger partial charge in [0, 0.05) is 11.5 Å². The number of ether oxygens (including phenoxy) is 2. The molecule has 0 unspecified atom stereocenters. The molecule has 0 aliphatic rings.